The summed E-state index contributed by atoms with van der Waals surface area (Å²) in [6, 6.07) is 13.2. The van der Waals surface area contributed by atoms with Crippen molar-refractivity contribution < 1.29 is 0 Å². The molecule has 0 amide bonds. The van der Waals surface area contributed by atoms with Crippen LogP contribution in [0, 0.1) is 5.41 Å². The summed E-state index contributed by atoms with van der Waals surface area (Å²) in [6.07, 6.45) is 1.11. The molecule has 2 aromatic carbocycles. The zero-order valence-electron chi connectivity index (χ0n) is 12.1. The van der Waals surface area contributed by atoms with Crippen molar-refractivity contribution in [3.05, 3.63) is 42.0 Å². The van der Waals surface area contributed by atoms with Gasteiger partial charge in [0.1, 0.15) is 0 Å². The summed E-state index contributed by atoms with van der Waals surface area (Å²) in [5.41, 5.74) is 3.06. The Morgan fingerprint density at radius 1 is 0.889 bits per heavy atom. The molecule has 0 bridgehead atoms. The molecular formula is C17H23N. The predicted molar refractivity (Wildman–Crippen MR) is 81.4 cm³/mol. The molecule has 0 saturated heterocycles. The Morgan fingerprint density at radius 2 is 1.50 bits per heavy atom. The Bertz CT molecular complexity index is 547. The Kier molecular flexibility index (Phi) is 3.34. The molecule has 1 heteroatoms. The Balaban J connectivity index is 2.61. The second-order valence-electron chi connectivity index (χ2n) is 6.42. The highest BCUT2D eigenvalue weighted by Gasteiger charge is 2.14. The van der Waals surface area contributed by atoms with E-state index in [2.05, 4.69) is 76.2 Å². The van der Waals surface area contributed by atoms with Crippen LogP contribution in [0.4, 0.5) is 5.69 Å². The summed E-state index contributed by atoms with van der Waals surface area (Å²) in [6.45, 7) is 6.88. The van der Waals surface area contributed by atoms with Crippen LogP contribution in [0.25, 0.3) is 10.8 Å². The third-order valence-corrected chi connectivity index (χ3v) is 3.19. The van der Waals surface area contributed by atoms with Crippen LogP contribution in [0.15, 0.2) is 36.4 Å². The van der Waals surface area contributed by atoms with Crippen LogP contribution < -0.4 is 4.90 Å². The second kappa shape index (κ2) is 4.64. The van der Waals surface area contributed by atoms with E-state index in [-0.39, 0.29) is 0 Å². The molecule has 18 heavy (non-hydrogen) atoms. The van der Waals surface area contributed by atoms with E-state index in [4.69, 9.17) is 0 Å². The van der Waals surface area contributed by atoms with Gasteiger partial charge in [0.15, 0.2) is 0 Å². The van der Waals surface area contributed by atoms with Gasteiger partial charge in [0.25, 0.3) is 0 Å². The van der Waals surface area contributed by atoms with Crippen molar-refractivity contribution >= 4 is 16.5 Å². The maximum absolute atomic E-state index is 2.29. The van der Waals surface area contributed by atoms with Crippen LogP contribution in [0.2, 0.25) is 0 Å². The van der Waals surface area contributed by atoms with E-state index in [1.807, 2.05) is 0 Å². The fraction of sp³-hybridized carbons (Fsp3) is 0.412. The lowest BCUT2D eigenvalue weighted by molar-refractivity contribution is 0.412. The van der Waals surface area contributed by atoms with Gasteiger partial charge in [0, 0.05) is 25.2 Å². The van der Waals surface area contributed by atoms with Crippen LogP contribution in [-0.2, 0) is 6.42 Å². The summed E-state index contributed by atoms with van der Waals surface area (Å²) in [5.74, 6) is 0. The molecule has 0 N–H and O–H groups in total. The van der Waals surface area contributed by atoms with Crippen molar-refractivity contribution in [1.29, 1.82) is 0 Å². The molecule has 0 aliphatic heterocycles. The Hall–Kier alpha value is -1.50. The third kappa shape index (κ3) is 2.66. The molecule has 0 spiro atoms. The first-order valence-corrected chi connectivity index (χ1v) is 6.56. The number of fused-ring (bicyclic) bond motifs is 1. The van der Waals surface area contributed by atoms with Crippen LogP contribution in [0.1, 0.15) is 26.3 Å². The van der Waals surface area contributed by atoms with E-state index in [0.29, 0.717) is 5.41 Å². The molecule has 0 aliphatic rings. The van der Waals surface area contributed by atoms with Gasteiger partial charge >= 0.3 is 0 Å². The maximum atomic E-state index is 2.29. The lowest BCUT2D eigenvalue weighted by atomic mass is 9.86. The molecule has 1 nitrogen and oxygen atoms in total. The molecule has 0 unspecified atom stereocenters. The fourth-order valence-corrected chi connectivity index (χ4v) is 2.46. The lowest BCUT2D eigenvalue weighted by Crippen LogP contribution is -2.12. The van der Waals surface area contributed by atoms with Gasteiger partial charge < -0.3 is 4.90 Å². The average molecular weight is 241 g/mol. The first kappa shape index (κ1) is 12.9. The highest BCUT2D eigenvalue weighted by molar-refractivity contribution is 5.96. The molecule has 2 rings (SSSR count). The van der Waals surface area contributed by atoms with Gasteiger partial charge in [-0.1, -0.05) is 51.1 Å². The lowest BCUT2D eigenvalue weighted by Gasteiger charge is -2.22. The Labute approximate surface area is 110 Å². The van der Waals surface area contributed by atoms with Crippen molar-refractivity contribution in [3.8, 4) is 0 Å². The Morgan fingerprint density at radius 3 is 2.06 bits per heavy atom. The summed E-state index contributed by atoms with van der Waals surface area (Å²) in [4.78, 5) is 2.18. The van der Waals surface area contributed by atoms with Crippen LogP contribution in [-0.4, -0.2) is 14.1 Å². The van der Waals surface area contributed by atoms with E-state index in [1.54, 1.807) is 0 Å². The van der Waals surface area contributed by atoms with Gasteiger partial charge in [0.05, 0.1) is 0 Å². The largest absolute Gasteiger partial charge is 0.377 e. The molecular weight excluding hydrogens is 218 g/mol. The predicted octanol–water partition coefficient (Wildman–Crippen LogP) is 4.49. The zero-order valence-corrected chi connectivity index (χ0v) is 12.1. The molecule has 0 radical (unpaired) electrons. The zero-order chi connectivity index (χ0) is 13.3. The van der Waals surface area contributed by atoms with Crippen molar-refractivity contribution in [2.75, 3.05) is 19.0 Å². The minimum absolute atomic E-state index is 0.322. The van der Waals surface area contributed by atoms with E-state index < -0.39 is 0 Å². The van der Waals surface area contributed by atoms with Crippen LogP contribution in [0.5, 0.6) is 0 Å². The van der Waals surface area contributed by atoms with E-state index in [1.165, 1.54) is 22.0 Å². The number of benzene rings is 2. The molecule has 0 aliphatic carbocycles. The highest BCUT2D eigenvalue weighted by atomic mass is 15.1. The standard InChI is InChI=1S/C17H23N/c1-17(2,3)12-13-10-11-16(18(4)5)15-9-7-6-8-14(13)15/h6-11H,12H2,1-5H3. The van der Waals surface area contributed by atoms with Crippen molar-refractivity contribution in [2.45, 2.75) is 27.2 Å². The van der Waals surface area contributed by atoms with Crippen molar-refractivity contribution in [2.24, 2.45) is 5.41 Å². The summed E-state index contributed by atoms with van der Waals surface area (Å²) >= 11 is 0. The smallest absolute Gasteiger partial charge is 0.0440 e. The summed E-state index contributed by atoms with van der Waals surface area (Å²) in [7, 11) is 4.20. The average Bonchev–Trinajstić information content (AvgIpc) is 2.27. The van der Waals surface area contributed by atoms with E-state index in [0.717, 1.165) is 6.42 Å². The minimum atomic E-state index is 0.322. The maximum Gasteiger partial charge on any atom is 0.0440 e. The topological polar surface area (TPSA) is 3.24 Å². The molecule has 96 valence electrons. The number of hydrogen-bond donors (Lipinski definition) is 0. The normalized spacial score (nSPS) is 11.8. The number of anilines is 1. The minimum Gasteiger partial charge on any atom is -0.377 e. The van der Waals surface area contributed by atoms with Crippen molar-refractivity contribution in [3.63, 3.8) is 0 Å². The van der Waals surface area contributed by atoms with Crippen LogP contribution in [0.3, 0.4) is 0 Å². The van der Waals surface area contributed by atoms with Gasteiger partial charge in [-0.05, 0) is 28.9 Å². The first-order valence-electron chi connectivity index (χ1n) is 6.56. The highest BCUT2D eigenvalue weighted by Crippen LogP contribution is 2.31. The van der Waals surface area contributed by atoms with Gasteiger partial charge in [0.2, 0.25) is 0 Å². The molecule has 0 saturated carbocycles. The van der Waals surface area contributed by atoms with Crippen LogP contribution >= 0.6 is 0 Å². The third-order valence-electron chi connectivity index (χ3n) is 3.19. The quantitative estimate of drug-likeness (QED) is 0.748. The number of nitrogens with zero attached hydrogens (tertiary/aromatic N) is 1. The van der Waals surface area contributed by atoms with Gasteiger partial charge in [-0.25, -0.2) is 0 Å². The van der Waals surface area contributed by atoms with Gasteiger partial charge in [-0.2, -0.15) is 0 Å². The fourth-order valence-electron chi connectivity index (χ4n) is 2.46. The van der Waals surface area contributed by atoms with Gasteiger partial charge in [-0.3, -0.25) is 0 Å². The molecule has 0 atom stereocenters. The van der Waals surface area contributed by atoms with E-state index in [9.17, 15) is 0 Å². The SMILES string of the molecule is CN(C)c1ccc(CC(C)(C)C)c2ccccc12. The molecule has 0 aromatic heterocycles. The van der Waals surface area contributed by atoms with E-state index >= 15 is 0 Å². The molecule has 0 fully saturated rings. The summed E-state index contributed by atoms with van der Waals surface area (Å²) in [5, 5.41) is 2.74. The molecule has 2 aromatic rings. The molecule has 0 heterocycles. The summed E-state index contributed by atoms with van der Waals surface area (Å²) < 4.78 is 0. The van der Waals surface area contributed by atoms with Crippen molar-refractivity contribution in [1.82, 2.24) is 0 Å². The first-order chi connectivity index (χ1) is 8.38. The number of rotatable bonds is 2. The second-order valence-corrected chi connectivity index (χ2v) is 6.42. The number of hydrogen-bond acceptors (Lipinski definition) is 1. The van der Waals surface area contributed by atoms with Gasteiger partial charge in [-0.15, -0.1) is 0 Å². The monoisotopic (exact) mass is 241 g/mol.